The Balaban J connectivity index is 2.08. The van der Waals surface area contributed by atoms with Gasteiger partial charge in [0, 0.05) is 12.0 Å². The predicted octanol–water partition coefficient (Wildman–Crippen LogP) is -0.304. The normalized spacial score (nSPS) is 40.8. The summed E-state index contributed by atoms with van der Waals surface area (Å²) in [6.07, 6.45) is 0.736. The minimum Gasteiger partial charge on any atom is -0.481 e. The van der Waals surface area contributed by atoms with Crippen molar-refractivity contribution in [3.63, 3.8) is 0 Å². The van der Waals surface area contributed by atoms with Crippen LogP contribution in [0.2, 0.25) is 0 Å². The van der Waals surface area contributed by atoms with Crippen molar-refractivity contribution in [1.29, 1.82) is 0 Å². The van der Waals surface area contributed by atoms with Gasteiger partial charge in [0.15, 0.2) is 0 Å². The molecule has 0 aromatic carbocycles. The van der Waals surface area contributed by atoms with Gasteiger partial charge in [-0.2, -0.15) is 0 Å². The van der Waals surface area contributed by atoms with Gasteiger partial charge in [0.25, 0.3) is 0 Å². The van der Waals surface area contributed by atoms with Crippen LogP contribution in [0, 0.1) is 11.8 Å². The highest BCUT2D eigenvalue weighted by atomic mass is 16.5. The monoisotopic (exact) mass is 171 g/mol. The molecule has 0 radical (unpaired) electrons. The van der Waals surface area contributed by atoms with Crippen molar-refractivity contribution in [2.75, 3.05) is 19.8 Å². The molecule has 0 aliphatic carbocycles. The third kappa shape index (κ3) is 1.21. The van der Waals surface area contributed by atoms with Crippen LogP contribution in [0.25, 0.3) is 0 Å². The van der Waals surface area contributed by atoms with E-state index in [1.807, 2.05) is 0 Å². The van der Waals surface area contributed by atoms with Gasteiger partial charge in [-0.1, -0.05) is 0 Å². The average molecular weight is 171 g/mol. The summed E-state index contributed by atoms with van der Waals surface area (Å²) in [5.74, 6) is -0.674. The number of hydrogen-bond acceptors (Lipinski definition) is 3. The minimum absolute atomic E-state index is 0.191. The molecule has 12 heavy (non-hydrogen) atoms. The van der Waals surface area contributed by atoms with Gasteiger partial charge in [-0.25, -0.2) is 0 Å². The Bertz CT molecular complexity index is 195. The number of piperidine rings is 1. The van der Waals surface area contributed by atoms with E-state index in [1.165, 1.54) is 0 Å². The van der Waals surface area contributed by atoms with E-state index in [2.05, 4.69) is 5.32 Å². The molecule has 0 saturated carbocycles. The standard InChI is InChI=1S/C8H13NO3/c10-8(11)5-1-2-9-7-4-12-3-6(5)7/h5-7,9H,1-4H2,(H,10,11)/t5-,6+,7+/m0/s1. The molecule has 2 rings (SSSR count). The van der Waals surface area contributed by atoms with E-state index in [0.29, 0.717) is 13.2 Å². The van der Waals surface area contributed by atoms with Crippen LogP contribution in [0.1, 0.15) is 6.42 Å². The Hall–Kier alpha value is -0.610. The highest BCUT2D eigenvalue weighted by Gasteiger charge is 2.40. The van der Waals surface area contributed by atoms with E-state index in [9.17, 15) is 4.79 Å². The van der Waals surface area contributed by atoms with Gasteiger partial charge in [-0.05, 0) is 13.0 Å². The maximum Gasteiger partial charge on any atom is 0.306 e. The topological polar surface area (TPSA) is 58.6 Å². The first-order valence-corrected chi connectivity index (χ1v) is 4.33. The smallest absolute Gasteiger partial charge is 0.306 e. The lowest BCUT2D eigenvalue weighted by atomic mass is 9.83. The van der Waals surface area contributed by atoms with E-state index in [1.54, 1.807) is 0 Å². The number of hydrogen-bond donors (Lipinski definition) is 2. The Morgan fingerprint density at radius 3 is 3.08 bits per heavy atom. The molecule has 0 unspecified atom stereocenters. The fraction of sp³-hybridized carbons (Fsp3) is 0.875. The Morgan fingerprint density at radius 1 is 1.50 bits per heavy atom. The van der Waals surface area contributed by atoms with Crippen LogP contribution in [0.15, 0.2) is 0 Å². The van der Waals surface area contributed by atoms with Crippen LogP contribution in [0.5, 0.6) is 0 Å². The minimum atomic E-state index is -0.669. The molecule has 3 atom stereocenters. The van der Waals surface area contributed by atoms with Crippen molar-refractivity contribution >= 4 is 5.97 Å². The largest absolute Gasteiger partial charge is 0.481 e. The number of aliphatic carboxylic acids is 1. The lowest BCUT2D eigenvalue weighted by molar-refractivity contribution is -0.144. The fourth-order valence-electron chi connectivity index (χ4n) is 2.12. The van der Waals surface area contributed by atoms with Crippen molar-refractivity contribution < 1.29 is 14.6 Å². The molecule has 4 heteroatoms. The van der Waals surface area contributed by atoms with Gasteiger partial charge < -0.3 is 15.2 Å². The van der Waals surface area contributed by atoms with Gasteiger partial charge in [0.1, 0.15) is 0 Å². The maximum absolute atomic E-state index is 10.8. The van der Waals surface area contributed by atoms with Gasteiger partial charge in [-0.15, -0.1) is 0 Å². The summed E-state index contributed by atoms with van der Waals surface area (Å²) in [6.45, 7) is 2.09. The molecule has 2 fully saturated rings. The third-order valence-electron chi connectivity index (χ3n) is 2.82. The number of nitrogens with one attached hydrogen (secondary N) is 1. The lowest BCUT2D eigenvalue weighted by Gasteiger charge is -2.30. The number of rotatable bonds is 1. The van der Waals surface area contributed by atoms with Crippen molar-refractivity contribution in [3.8, 4) is 0 Å². The highest BCUT2D eigenvalue weighted by molar-refractivity contribution is 5.70. The maximum atomic E-state index is 10.8. The quantitative estimate of drug-likeness (QED) is 0.568. The molecule has 2 aliphatic rings. The Labute approximate surface area is 70.9 Å². The lowest BCUT2D eigenvalue weighted by Crippen LogP contribution is -2.47. The molecule has 2 heterocycles. The third-order valence-corrected chi connectivity index (χ3v) is 2.82. The Kier molecular flexibility index (Phi) is 2.02. The van der Waals surface area contributed by atoms with E-state index < -0.39 is 5.97 Å². The summed E-state index contributed by atoms with van der Waals surface area (Å²) in [5.41, 5.74) is 0. The molecule has 2 N–H and O–H groups in total. The second-order valence-electron chi connectivity index (χ2n) is 3.50. The number of fused-ring (bicyclic) bond motifs is 1. The molecular formula is C8H13NO3. The van der Waals surface area contributed by atoms with Crippen molar-refractivity contribution in [2.45, 2.75) is 12.5 Å². The van der Waals surface area contributed by atoms with Crippen LogP contribution in [-0.2, 0) is 9.53 Å². The molecular weight excluding hydrogens is 158 g/mol. The van der Waals surface area contributed by atoms with Crippen LogP contribution in [0.4, 0.5) is 0 Å². The van der Waals surface area contributed by atoms with Gasteiger partial charge in [0.05, 0.1) is 19.1 Å². The van der Waals surface area contributed by atoms with E-state index in [0.717, 1.165) is 13.0 Å². The first-order chi connectivity index (χ1) is 5.79. The highest BCUT2D eigenvalue weighted by Crippen LogP contribution is 2.28. The first kappa shape index (κ1) is 8.01. The molecule has 0 amide bonds. The van der Waals surface area contributed by atoms with E-state index >= 15 is 0 Å². The molecule has 0 bridgehead atoms. The first-order valence-electron chi connectivity index (χ1n) is 4.33. The molecule has 2 aliphatic heterocycles. The SMILES string of the molecule is O=C(O)[C@H]1CCN[C@@H]2COC[C@H]12. The van der Waals surface area contributed by atoms with Gasteiger partial charge >= 0.3 is 5.97 Å². The number of carboxylic acids is 1. The summed E-state index contributed by atoms with van der Waals surface area (Å²) in [6, 6.07) is 0.278. The molecule has 68 valence electrons. The number of carbonyl (C=O) groups is 1. The van der Waals surface area contributed by atoms with E-state index in [-0.39, 0.29) is 17.9 Å². The molecule has 0 aromatic heterocycles. The zero-order chi connectivity index (χ0) is 8.55. The molecule has 2 saturated heterocycles. The van der Waals surface area contributed by atoms with Crippen molar-refractivity contribution in [2.24, 2.45) is 11.8 Å². The summed E-state index contributed by atoms with van der Waals surface area (Å²) in [5, 5.41) is 12.2. The fourth-order valence-corrected chi connectivity index (χ4v) is 2.12. The van der Waals surface area contributed by atoms with Crippen LogP contribution >= 0.6 is 0 Å². The number of ether oxygens (including phenoxy) is 1. The van der Waals surface area contributed by atoms with Crippen molar-refractivity contribution in [3.05, 3.63) is 0 Å². The second-order valence-corrected chi connectivity index (χ2v) is 3.50. The second kappa shape index (κ2) is 3.03. The summed E-state index contributed by atoms with van der Waals surface area (Å²) in [7, 11) is 0. The molecule has 4 nitrogen and oxygen atoms in total. The average Bonchev–Trinajstić information content (AvgIpc) is 2.49. The summed E-state index contributed by atoms with van der Waals surface area (Å²) < 4.78 is 5.25. The summed E-state index contributed by atoms with van der Waals surface area (Å²) in [4.78, 5) is 10.8. The summed E-state index contributed by atoms with van der Waals surface area (Å²) >= 11 is 0. The Morgan fingerprint density at radius 2 is 2.33 bits per heavy atom. The predicted molar refractivity (Wildman–Crippen MR) is 41.8 cm³/mol. The van der Waals surface area contributed by atoms with Crippen LogP contribution in [0.3, 0.4) is 0 Å². The zero-order valence-electron chi connectivity index (χ0n) is 6.82. The van der Waals surface area contributed by atoms with E-state index in [4.69, 9.17) is 9.84 Å². The van der Waals surface area contributed by atoms with Gasteiger partial charge in [0.2, 0.25) is 0 Å². The van der Waals surface area contributed by atoms with Gasteiger partial charge in [-0.3, -0.25) is 4.79 Å². The number of carboxylic acid groups (broad SMARTS) is 1. The molecule has 0 spiro atoms. The molecule has 0 aromatic rings. The van der Waals surface area contributed by atoms with Crippen molar-refractivity contribution in [1.82, 2.24) is 5.32 Å². The van der Waals surface area contributed by atoms with Crippen LogP contribution < -0.4 is 5.32 Å². The van der Waals surface area contributed by atoms with Crippen LogP contribution in [-0.4, -0.2) is 36.9 Å². The zero-order valence-corrected chi connectivity index (χ0v) is 6.82.